The maximum absolute atomic E-state index is 13.3. The van der Waals surface area contributed by atoms with E-state index in [1.807, 2.05) is 6.07 Å². The molecule has 0 saturated carbocycles. The van der Waals surface area contributed by atoms with Gasteiger partial charge in [-0.15, -0.1) is 0 Å². The molecule has 19 heavy (non-hydrogen) atoms. The van der Waals surface area contributed by atoms with Crippen molar-refractivity contribution in [2.45, 2.75) is 19.4 Å². The Labute approximate surface area is 116 Å². The van der Waals surface area contributed by atoms with Crippen LogP contribution in [0.15, 0.2) is 36.4 Å². The first-order chi connectivity index (χ1) is 8.95. The molecule has 4 heteroatoms. The molecule has 0 bridgehead atoms. The molecule has 0 aliphatic carbocycles. The smallest absolute Gasteiger partial charge is 0.142 e. The van der Waals surface area contributed by atoms with Crippen LogP contribution in [0.1, 0.15) is 22.7 Å². The highest BCUT2D eigenvalue weighted by molar-refractivity contribution is 6.30. The predicted molar refractivity (Wildman–Crippen MR) is 73.2 cm³/mol. The highest BCUT2D eigenvalue weighted by Crippen LogP contribution is 2.21. The van der Waals surface area contributed by atoms with Gasteiger partial charge in [0.15, 0.2) is 0 Å². The van der Waals surface area contributed by atoms with E-state index in [0.717, 1.165) is 11.1 Å². The molecule has 2 aromatic rings. The van der Waals surface area contributed by atoms with Crippen molar-refractivity contribution in [3.63, 3.8) is 0 Å². The summed E-state index contributed by atoms with van der Waals surface area (Å²) in [4.78, 5) is 0. The number of hydrogen-bond acceptors (Lipinski definition) is 1. The number of rotatable bonds is 3. The van der Waals surface area contributed by atoms with Gasteiger partial charge in [0.25, 0.3) is 0 Å². The van der Waals surface area contributed by atoms with E-state index in [1.165, 1.54) is 24.3 Å². The molecular weight excluding hydrogens is 268 g/mol. The Kier molecular flexibility index (Phi) is 4.17. The van der Waals surface area contributed by atoms with Crippen LogP contribution in [0.25, 0.3) is 0 Å². The summed E-state index contributed by atoms with van der Waals surface area (Å²) in [5.41, 5.74) is 8.28. The van der Waals surface area contributed by atoms with Crippen molar-refractivity contribution in [2.75, 3.05) is 0 Å². The molecule has 0 aromatic heterocycles. The fourth-order valence-electron chi connectivity index (χ4n) is 2.02. The minimum absolute atomic E-state index is 0.0823. The molecule has 2 rings (SSSR count). The van der Waals surface area contributed by atoms with Crippen LogP contribution in [0.3, 0.4) is 0 Å². The van der Waals surface area contributed by atoms with Gasteiger partial charge in [-0.1, -0.05) is 23.7 Å². The van der Waals surface area contributed by atoms with Gasteiger partial charge in [-0.05, 0) is 54.3 Å². The summed E-state index contributed by atoms with van der Waals surface area (Å²) in [5.74, 6) is -0.783. The SMILES string of the molecule is Cc1cc(F)cc(C(N)Cc2ccc(Cl)c(F)c2)c1. The molecule has 0 aliphatic rings. The van der Waals surface area contributed by atoms with Crippen molar-refractivity contribution < 1.29 is 8.78 Å². The zero-order valence-electron chi connectivity index (χ0n) is 10.5. The standard InChI is InChI=1S/C15H14ClF2N/c1-9-4-11(8-12(17)5-9)15(19)7-10-2-3-13(16)14(18)6-10/h2-6,8,15H,7,19H2,1H3. The van der Waals surface area contributed by atoms with E-state index in [9.17, 15) is 8.78 Å². The Morgan fingerprint density at radius 3 is 2.53 bits per heavy atom. The van der Waals surface area contributed by atoms with Crippen LogP contribution in [0.4, 0.5) is 8.78 Å². The maximum atomic E-state index is 13.3. The van der Waals surface area contributed by atoms with Crippen molar-refractivity contribution in [2.24, 2.45) is 5.73 Å². The number of halogens is 3. The molecule has 0 radical (unpaired) electrons. The minimum atomic E-state index is -0.471. The van der Waals surface area contributed by atoms with Crippen molar-refractivity contribution in [1.29, 1.82) is 0 Å². The molecule has 0 aliphatic heterocycles. The zero-order valence-corrected chi connectivity index (χ0v) is 11.2. The number of nitrogens with two attached hydrogens (primary N) is 1. The van der Waals surface area contributed by atoms with Crippen molar-refractivity contribution in [3.05, 3.63) is 69.7 Å². The summed E-state index contributed by atoms with van der Waals surface area (Å²) in [5, 5.41) is 0.0823. The molecule has 2 N–H and O–H groups in total. The van der Waals surface area contributed by atoms with Crippen LogP contribution in [0, 0.1) is 18.6 Å². The van der Waals surface area contributed by atoms with Crippen LogP contribution in [-0.4, -0.2) is 0 Å². The lowest BCUT2D eigenvalue weighted by molar-refractivity contribution is 0.613. The lowest BCUT2D eigenvalue weighted by Crippen LogP contribution is -2.14. The fourth-order valence-corrected chi connectivity index (χ4v) is 2.13. The topological polar surface area (TPSA) is 26.0 Å². The van der Waals surface area contributed by atoms with Gasteiger partial charge < -0.3 is 5.73 Å². The van der Waals surface area contributed by atoms with E-state index in [1.54, 1.807) is 13.0 Å². The number of hydrogen-bond donors (Lipinski definition) is 1. The van der Waals surface area contributed by atoms with E-state index >= 15 is 0 Å². The van der Waals surface area contributed by atoms with Crippen LogP contribution in [0.2, 0.25) is 5.02 Å². The molecule has 1 nitrogen and oxygen atoms in total. The number of aryl methyl sites for hydroxylation is 1. The molecule has 0 amide bonds. The Morgan fingerprint density at radius 2 is 1.89 bits per heavy atom. The molecule has 1 atom stereocenters. The third-order valence-electron chi connectivity index (χ3n) is 2.93. The second-order valence-corrected chi connectivity index (χ2v) is 5.03. The third kappa shape index (κ3) is 3.52. The van der Waals surface area contributed by atoms with Gasteiger partial charge in [-0.2, -0.15) is 0 Å². The first kappa shape index (κ1) is 14.0. The Morgan fingerprint density at radius 1 is 1.16 bits per heavy atom. The van der Waals surface area contributed by atoms with E-state index in [2.05, 4.69) is 0 Å². The van der Waals surface area contributed by atoms with Crippen LogP contribution in [-0.2, 0) is 6.42 Å². The molecule has 0 spiro atoms. The largest absolute Gasteiger partial charge is 0.324 e. The van der Waals surface area contributed by atoms with Gasteiger partial charge in [-0.3, -0.25) is 0 Å². The Hall–Kier alpha value is -1.45. The van der Waals surface area contributed by atoms with E-state index in [0.29, 0.717) is 12.0 Å². The van der Waals surface area contributed by atoms with Crippen LogP contribution < -0.4 is 5.73 Å². The quantitative estimate of drug-likeness (QED) is 0.898. The van der Waals surface area contributed by atoms with Crippen molar-refractivity contribution >= 4 is 11.6 Å². The second-order valence-electron chi connectivity index (χ2n) is 4.62. The zero-order chi connectivity index (χ0) is 14.0. The van der Waals surface area contributed by atoms with E-state index in [-0.39, 0.29) is 16.9 Å². The average Bonchev–Trinajstić information content (AvgIpc) is 2.32. The summed E-state index contributed by atoms with van der Waals surface area (Å²) >= 11 is 5.62. The molecular formula is C15H14ClF2N. The predicted octanol–water partition coefficient (Wildman–Crippen LogP) is 4.17. The second kappa shape index (κ2) is 5.68. The highest BCUT2D eigenvalue weighted by atomic mass is 35.5. The molecule has 100 valence electrons. The highest BCUT2D eigenvalue weighted by Gasteiger charge is 2.10. The monoisotopic (exact) mass is 281 g/mol. The van der Waals surface area contributed by atoms with E-state index in [4.69, 9.17) is 17.3 Å². The molecule has 1 unspecified atom stereocenters. The minimum Gasteiger partial charge on any atom is -0.324 e. The number of benzene rings is 2. The molecule has 2 aromatic carbocycles. The van der Waals surface area contributed by atoms with Gasteiger partial charge in [0, 0.05) is 6.04 Å². The fraction of sp³-hybridized carbons (Fsp3) is 0.200. The maximum Gasteiger partial charge on any atom is 0.142 e. The van der Waals surface area contributed by atoms with Crippen LogP contribution in [0.5, 0.6) is 0 Å². The summed E-state index contributed by atoms with van der Waals surface area (Å²) in [6, 6.07) is 8.87. The summed E-state index contributed by atoms with van der Waals surface area (Å²) in [6.45, 7) is 1.81. The summed E-state index contributed by atoms with van der Waals surface area (Å²) in [6.07, 6.45) is 0.428. The lowest BCUT2D eigenvalue weighted by Gasteiger charge is -2.13. The Balaban J connectivity index is 2.20. The first-order valence-electron chi connectivity index (χ1n) is 5.92. The lowest BCUT2D eigenvalue weighted by atomic mass is 9.98. The van der Waals surface area contributed by atoms with Gasteiger partial charge in [0.2, 0.25) is 0 Å². The normalized spacial score (nSPS) is 12.5. The molecule has 0 saturated heterocycles. The van der Waals surface area contributed by atoms with E-state index < -0.39 is 5.82 Å². The Bertz CT molecular complexity index is 578. The summed E-state index contributed by atoms with van der Waals surface area (Å²) in [7, 11) is 0. The van der Waals surface area contributed by atoms with Crippen molar-refractivity contribution in [1.82, 2.24) is 0 Å². The van der Waals surface area contributed by atoms with Gasteiger partial charge in [0.1, 0.15) is 11.6 Å². The van der Waals surface area contributed by atoms with Gasteiger partial charge in [0.05, 0.1) is 5.02 Å². The van der Waals surface area contributed by atoms with Crippen LogP contribution >= 0.6 is 11.6 Å². The summed E-state index contributed by atoms with van der Waals surface area (Å²) < 4.78 is 26.6. The third-order valence-corrected chi connectivity index (χ3v) is 3.24. The van der Waals surface area contributed by atoms with Gasteiger partial charge in [-0.25, -0.2) is 8.78 Å². The average molecular weight is 282 g/mol. The molecule has 0 fully saturated rings. The van der Waals surface area contributed by atoms with Crippen molar-refractivity contribution in [3.8, 4) is 0 Å². The van der Waals surface area contributed by atoms with Gasteiger partial charge >= 0.3 is 0 Å². The molecule has 0 heterocycles. The first-order valence-corrected chi connectivity index (χ1v) is 6.30.